The summed E-state index contributed by atoms with van der Waals surface area (Å²) in [4.78, 5) is 47.5. The van der Waals surface area contributed by atoms with Gasteiger partial charge in [0.25, 0.3) is 5.91 Å². The maximum absolute atomic E-state index is 13.2. The topological polar surface area (TPSA) is 122 Å². The average molecular weight is 445 g/mol. The number of ketones is 1. The largest absolute Gasteiger partial charge is 0.497 e. The van der Waals surface area contributed by atoms with Crippen molar-refractivity contribution in [3.63, 3.8) is 0 Å². The number of rotatable bonds is 7. The molecule has 2 N–H and O–H groups in total. The fourth-order valence-electron chi connectivity index (χ4n) is 3.68. The van der Waals surface area contributed by atoms with E-state index in [2.05, 4.69) is 9.97 Å². The number of aryl methyl sites for hydroxylation is 2. The highest BCUT2D eigenvalue weighted by molar-refractivity contribution is 6.03. The maximum atomic E-state index is 13.2. The third-order valence-electron chi connectivity index (χ3n) is 5.41. The Bertz CT molecular complexity index is 1430. The minimum Gasteiger partial charge on any atom is -0.497 e. The summed E-state index contributed by atoms with van der Waals surface area (Å²) in [5.74, 6) is -0.348. The number of ether oxygens (including phenoxy) is 1. The van der Waals surface area contributed by atoms with Crippen molar-refractivity contribution < 1.29 is 14.3 Å². The predicted octanol–water partition coefficient (Wildman–Crippen LogP) is 2.58. The summed E-state index contributed by atoms with van der Waals surface area (Å²) in [7, 11) is 1.51. The first-order valence-electron chi connectivity index (χ1n) is 10.4. The maximum Gasteiger partial charge on any atom is 0.330 e. The van der Waals surface area contributed by atoms with Crippen LogP contribution in [0.3, 0.4) is 0 Å². The second-order valence-electron chi connectivity index (χ2n) is 7.57. The monoisotopic (exact) mass is 445 g/mol. The molecule has 4 aromatic rings. The number of primary amides is 1. The molecule has 168 valence electrons. The Hall–Kier alpha value is -4.27. The number of carbonyl (C=O) groups is 2. The first kappa shape index (κ1) is 21.9. The van der Waals surface area contributed by atoms with E-state index in [0.717, 1.165) is 5.56 Å². The van der Waals surface area contributed by atoms with Crippen molar-refractivity contribution in [3.8, 4) is 17.1 Å². The summed E-state index contributed by atoms with van der Waals surface area (Å²) in [5, 5.41) is 0. The number of nitrogens with two attached hydrogens (primary N) is 1. The van der Waals surface area contributed by atoms with Gasteiger partial charge >= 0.3 is 5.69 Å². The number of benzene rings is 2. The predicted molar refractivity (Wildman–Crippen MR) is 123 cm³/mol. The first-order chi connectivity index (χ1) is 15.8. The summed E-state index contributed by atoms with van der Waals surface area (Å²) in [6.07, 6.45) is 0. The van der Waals surface area contributed by atoms with Gasteiger partial charge in [0.1, 0.15) is 11.3 Å². The molecule has 0 radical (unpaired) electrons. The number of nitrogens with zero attached hydrogens (tertiary/aromatic N) is 4. The molecule has 0 fully saturated rings. The molecule has 4 rings (SSSR count). The molecule has 0 atom stereocenters. The van der Waals surface area contributed by atoms with Crippen LogP contribution in [0, 0.1) is 6.92 Å². The third kappa shape index (κ3) is 4.00. The van der Waals surface area contributed by atoms with Gasteiger partial charge in [-0.3, -0.25) is 18.7 Å². The second kappa shape index (κ2) is 8.70. The van der Waals surface area contributed by atoms with Crippen LogP contribution in [0.25, 0.3) is 22.6 Å². The number of aromatic nitrogens is 4. The van der Waals surface area contributed by atoms with E-state index in [9.17, 15) is 14.4 Å². The standard InChI is InChI=1S/C24H23N5O4/c1-4-28-23-20(19(21(25)31)26-22(27-23)15-10-8-14(2)9-11-15)29(24(28)32)13-18(30)16-6-5-7-17(12-16)33-3/h5-12H,4,13H2,1-3H3,(H2,25,31). The van der Waals surface area contributed by atoms with E-state index in [1.165, 1.54) is 16.2 Å². The number of Topliss-reactive ketones (excluding diaryl/α,β-unsaturated/α-hetero) is 1. The lowest BCUT2D eigenvalue weighted by atomic mass is 10.1. The Morgan fingerprint density at radius 2 is 1.79 bits per heavy atom. The average Bonchev–Trinajstić information content (AvgIpc) is 3.09. The van der Waals surface area contributed by atoms with Gasteiger partial charge in [0.2, 0.25) is 0 Å². The fraction of sp³-hybridized carbons (Fsp3) is 0.208. The van der Waals surface area contributed by atoms with Crippen molar-refractivity contribution >= 4 is 22.9 Å². The molecule has 0 aliphatic carbocycles. The van der Waals surface area contributed by atoms with Crippen LogP contribution in [0.1, 0.15) is 33.3 Å². The van der Waals surface area contributed by atoms with Crippen LogP contribution >= 0.6 is 0 Å². The van der Waals surface area contributed by atoms with Gasteiger partial charge in [-0.15, -0.1) is 0 Å². The molecule has 2 aromatic carbocycles. The number of hydrogen-bond acceptors (Lipinski definition) is 6. The molecule has 9 nitrogen and oxygen atoms in total. The lowest BCUT2D eigenvalue weighted by Gasteiger charge is -2.08. The number of hydrogen-bond donors (Lipinski definition) is 1. The lowest BCUT2D eigenvalue weighted by Crippen LogP contribution is -2.27. The molecule has 0 saturated carbocycles. The van der Waals surface area contributed by atoms with Crippen molar-refractivity contribution in [2.75, 3.05) is 7.11 Å². The summed E-state index contributed by atoms with van der Waals surface area (Å²) < 4.78 is 7.79. The van der Waals surface area contributed by atoms with Gasteiger partial charge in [0.15, 0.2) is 22.9 Å². The zero-order chi connectivity index (χ0) is 23.7. The highest BCUT2D eigenvalue weighted by Gasteiger charge is 2.24. The molecule has 0 unspecified atom stereocenters. The molecule has 2 aromatic heterocycles. The SMILES string of the molecule is CCn1c(=O)n(CC(=O)c2cccc(OC)c2)c2c(C(N)=O)nc(-c3ccc(C)cc3)nc21. The van der Waals surface area contributed by atoms with Crippen molar-refractivity contribution in [3.05, 3.63) is 75.8 Å². The van der Waals surface area contributed by atoms with E-state index < -0.39 is 11.6 Å². The minimum atomic E-state index is -0.813. The molecule has 0 aliphatic rings. The Balaban J connectivity index is 1.91. The van der Waals surface area contributed by atoms with Gasteiger partial charge in [-0.1, -0.05) is 42.0 Å². The van der Waals surface area contributed by atoms with Gasteiger partial charge in [-0.2, -0.15) is 0 Å². The number of carbonyl (C=O) groups excluding carboxylic acids is 2. The van der Waals surface area contributed by atoms with Gasteiger partial charge < -0.3 is 10.5 Å². The van der Waals surface area contributed by atoms with Crippen LogP contribution in [0.5, 0.6) is 5.75 Å². The van der Waals surface area contributed by atoms with Crippen molar-refractivity contribution in [2.24, 2.45) is 5.73 Å². The molecular weight excluding hydrogens is 422 g/mol. The summed E-state index contributed by atoms with van der Waals surface area (Å²) in [5.41, 5.74) is 7.56. The normalized spacial score (nSPS) is 11.0. The molecule has 0 spiro atoms. The van der Waals surface area contributed by atoms with Crippen LogP contribution in [-0.4, -0.2) is 37.9 Å². The van der Waals surface area contributed by atoms with Gasteiger partial charge in [-0.25, -0.2) is 14.8 Å². The Morgan fingerprint density at radius 3 is 2.42 bits per heavy atom. The zero-order valence-electron chi connectivity index (χ0n) is 18.5. The number of methoxy groups -OCH3 is 1. The molecular formula is C24H23N5O4. The molecule has 0 bridgehead atoms. The minimum absolute atomic E-state index is 0.113. The van der Waals surface area contributed by atoms with Crippen LogP contribution in [0.2, 0.25) is 0 Å². The van der Waals surface area contributed by atoms with E-state index in [1.807, 2.05) is 31.2 Å². The Labute approximate surface area is 189 Å². The molecule has 1 amide bonds. The molecule has 2 heterocycles. The van der Waals surface area contributed by atoms with Gasteiger partial charge in [0, 0.05) is 17.7 Å². The fourth-order valence-corrected chi connectivity index (χ4v) is 3.68. The lowest BCUT2D eigenvalue weighted by molar-refractivity contribution is 0.0966. The number of imidazole rings is 1. The van der Waals surface area contributed by atoms with Crippen LogP contribution in [-0.2, 0) is 13.1 Å². The smallest absolute Gasteiger partial charge is 0.330 e. The van der Waals surface area contributed by atoms with Crippen LogP contribution in [0.4, 0.5) is 0 Å². The zero-order valence-corrected chi connectivity index (χ0v) is 18.5. The quantitative estimate of drug-likeness (QED) is 0.436. The Morgan fingerprint density at radius 1 is 1.06 bits per heavy atom. The highest BCUT2D eigenvalue weighted by Crippen LogP contribution is 2.23. The van der Waals surface area contributed by atoms with E-state index >= 15 is 0 Å². The molecule has 0 aliphatic heterocycles. The van der Waals surface area contributed by atoms with Crippen molar-refractivity contribution in [1.29, 1.82) is 0 Å². The van der Waals surface area contributed by atoms with Crippen LogP contribution < -0.4 is 16.2 Å². The summed E-state index contributed by atoms with van der Waals surface area (Å²) in [6.45, 7) is 3.73. The summed E-state index contributed by atoms with van der Waals surface area (Å²) >= 11 is 0. The van der Waals surface area contributed by atoms with Crippen molar-refractivity contribution in [2.45, 2.75) is 26.9 Å². The second-order valence-corrected chi connectivity index (χ2v) is 7.57. The highest BCUT2D eigenvalue weighted by atomic mass is 16.5. The number of amides is 1. The Kier molecular flexibility index (Phi) is 5.78. The van der Waals surface area contributed by atoms with Crippen LogP contribution in [0.15, 0.2) is 53.3 Å². The first-order valence-corrected chi connectivity index (χ1v) is 10.4. The molecule has 0 saturated heterocycles. The van der Waals surface area contributed by atoms with Crippen molar-refractivity contribution in [1.82, 2.24) is 19.1 Å². The van der Waals surface area contributed by atoms with E-state index in [-0.39, 0.29) is 41.6 Å². The van der Waals surface area contributed by atoms with Gasteiger partial charge in [-0.05, 0) is 26.0 Å². The molecule has 33 heavy (non-hydrogen) atoms. The van der Waals surface area contributed by atoms with Gasteiger partial charge in [0.05, 0.1) is 13.7 Å². The third-order valence-corrected chi connectivity index (χ3v) is 5.41. The summed E-state index contributed by atoms with van der Waals surface area (Å²) in [6, 6.07) is 14.1. The van der Waals surface area contributed by atoms with E-state index in [1.54, 1.807) is 31.2 Å². The van der Waals surface area contributed by atoms with E-state index in [4.69, 9.17) is 10.5 Å². The molecule has 9 heteroatoms. The number of fused-ring (bicyclic) bond motifs is 1. The van der Waals surface area contributed by atoms with E-state index in [0.29, 0.717) is 16.9 Å².